The Morgan fingerprint density at radius 1 is 1.14 bits per heavy atom. The van der Waals surface area contributed by atoms with Crippen molar-refractivity contribution in [2.24, 2.45) is 0 Å². The first kappa shape index (κ1) is 21.3. The standard InChI is InChI=1S/C21H26N2O5S/c1-15-4-9-20(27-3)19(14-15)16(2)22-21(24)17-5-7-18(8-6-17)29(25,26)23-10-12-28-13-11-23/h4-9,14,16H,10-13H2,1-3H3,(H,22,24)/t16-/m1/s1. The van der Waals surface area contributed by atoms with Gasteiger partial charge >= 0.3 is 0 Å². The second kappa shape index (κ2) is 8.94. The highest BCUT2D eigenvalue weighted by Crippen LogP contribution is 2.26. The maximum atomic E-state index is 12.7. The number of aryl methyl sites for hydroxylation is 1. The molecule has 29 heavy (non-hydrogen) atoms. The molecular weight excluding hydrogens is 392 g/mol. The maximum absolute atomic E-state index is 12.7. The molecule has 1 heterocycles. The average Bonchev–Trinajstić information content (AvgIpc) is 2.74. The van der Waals surface area contributed by atoms with Gasteiger partial charge in [0, 0.05) is 24.2 Å². The Kier molecular flexibility index (Phi) is 6.56. The number of methoxy groups -OCH3 is 1. The molecule has 1 amide bonds. The predicted octanol–water partition coefficient (Wildman–Crippen LogP) is 2.52. The van der Waals surface area contributed by atoms with Crippen LogP contribution in [-0.4, -0.2) is 52.0 Å². The van der Waals surface area contributed by atoms with Crippen LogP contribution in [0.15, 0.2) is 47.4 Å². The molecule has 1 aliphatic heterocycles. The van der Waals surface area contributed by atoms with Crippen LogP contribution in [0.25, 0.3) is 0 Å². The van der Waals surface area contributed by atoms with Crippen LogP contribution >= 0.6 is 0 Å². The van der Waals surface area contributed by atoms with Gasteiger partial charge in [-0.3, -0.25) is 4.79 Å². The van der Waals surface area contributed by atoms with E-state index in [1.165, 1.54) is 28.6 Å². The molecule has 1 N–H and O–H groups in total. The summed E-state index contributed by atoms with van der Waals surface area (Å²) < 4.78 is 37.4. The molecular formula is C21H26N2O5S. The van der Waals surface area contributed by atoms with E-state index in [1.807, 2.05) is 32.0 Å². The summed E-state index contributed by atoms with van der Waals surface area (Å²) in [5.74, 6) is 0.423. The van der Waals surface area contributed by atoms with E-state index in [0.29, 0.717) is 37.6 Å². The number of carbonyl (C=O) groups is 1. The molecule has 0 saturated carbocycles. The summed E-state index contributed by atoms with van der Waals surface area (Å²) in [4.78, 5) is 12.8. The van der Waals surface area contributed by atoms with Crippen LogP contribution < -0.4 is 10.1 Å². The molecule has 156 valence electrons. The highest BCUT2D eigenvalue weighted by atomic mass is 32.2. The van der Waals surface area contributed by atoms with Crippen molar-refractivity contribution in [3.8, 4) is 5.75 Å². The zero-order chi connectivity index (χ0) is 21.0. The maximum Gasteiger partial charge on any atom is 0.251 e. The number of hydrogen-bond acceptors (Lipinski definition) is 5. The fourth-order valence-electron chi connectivity index (χ4n) is 3.26. The van der Waals surface area contributed by atoms with Gasteiger partial charge in [-0.1, -0.05) is 17.7 Å². The topological polar surface area (TPSA) is 84.9 Å². The number of ether oxygens (including phenoxy) is 2. The molecule has 1 saturated heterocycles. The number of amides is 1. The molecule has 0 aliphatic carbocycles. The van der Waals surface area contributed by atoms with E-state index in [0.717, 1.165) is 11.1 Å². The van der Waals surface area contributed by atoms with Gasteiger partial charge in [-0.2, -0.15) is 4.31 Å². The van der Waals surface area contributed by atoms with E-state index < -0.39 is 10.0 Å². The zero-order valence-corrected chi connectivity index (χ0v) is 17.7. The minimum Gasteiger partial charge on any atom is -0.496 e. The van der Waals surface area contributed by atoms with E-state index in [-0.39, 0.29) is 16.8 Å². The van der Waals surface area contributed by atoms with Crippen LogP contribution in [0.2, 0.25) is 0 Å². The molecule has 0 unspecified atom stereocenters. The number of sulfonamides is 1. The molecule has 2 aromatic rings. The Balaban J connectivity index is 1.73. The van der Waals surface area contributed by atoms with Gasteiger partial charge in [0.1, 0.15) is 5.75 Å². The lowest BCUT2D eigenvalue weighted by Crippen LogP contribution is -2.40. The van der Waals surface area contributed by atoms with E-state index in [4.69, 9.17) is 9.47 Å². The molecule has 3 rings (SSSR count). The van der Waals surface area contributed by atoms with Gasteiger partial charge in [-0.15, -0.1) is 0 Å². The minimum atomic E-state index is -3.58. The summed E-state index contributed by atoms with van der Waals surface area (Å²) in [5, 5.41) is 2.94. The fourth-order valence-corrected chi connectivity index (χ4v) is 4.67. The van der Waals surface area contributed by atoms with Crippen LogP contribution in [0.1, 0.15) is 34.5 Å². The normalized spacial score (nSPS) is 16.2. The Labute approximate surface area is 171 Å². The summed E-state index contributed by atoms with van der Waals surface area (Å²) in [6.07, 6.45) is 0. The van der Waals surface area contributed by atoms with Gasteiger partial charge in [0.05, 0.1) is 31.3 Å². The first-order valence-electron chi connectivity index (χ1n) is 9.46. The van der Waals surface area contributed by atoms with Gasteiger partial charge in [0.15, 0.2) is 0 Å². The van der Waals surface area contributed by atoms with Crippen molar-refractivity contribution in [3.05, 3.63) is 59.2 Å². The lowest BCUT2D eigenvalue weighted by Gasteiger charge is -2.26. The van der Waals surface area contributed by atoms with Crippen molar-refractivity contribution in [2.75, 3.05) is 33.4 Å². The average molecular weight is 419 g/mol. The molecule has 0 spiro atoms. The lowest BCUT2D eigenvalue weighted by atomic mass is 10.0. The number of rotatable bonds is 6. The van der Waals surface area contributed by atoms with Crippen molar-refractivity contribution in [1.29, 1.82) is 0 Å². The third kappa shape index (κ3) is 4.77. The van der Waals surface area contributed by atoms with Crippen LogP contribution in [0, 0.1) is 6.92 Å². The summed E-state index contributed by atoms with van der Waals surface area (Å²) in [5.41, 5.74) is 2.34. The van der Waals surface area contributed by atoms with Crippen LogP contribution in [-0.2, 0) is 14.8 Å². The Hall–Kier alpha value is -2.42. The number of benzene rings is 2. The van der Waals surface area contributed by atoms with Gasteiger partial charge < -0.3 is 14.8 Å². The Morgan fingerprint density at radius 3 is 2.41 bits per heavy atom. The second-order valence-corrected chi connectivity index (χ2v) is 8.92. The van der Waals surface area contributed by atoms with Crippen molar-refractivity contribution in [2.45, 2.75) is 24.8 Å². The monoisotopic (exact) mass is 418 g/mol. The fraction of sp³-hybridized carbons (Fsp3) is 0.381. The summed E-state index contributed by atoms with van der Waals surface area (Å²) >= 11 is 0. The first-order chi connectivity index (χ1) is 13.8. The lowest BCUT2D eigenvalue weighted by molar-refractivity contribution is 0.0730. The highest BCUT2D eigenvalue weighted by Gasteiger charge is 2.26. The van der Waals surface area contributed by atoms with Gasteiger partial charge in [0.2, 0.25) is 10.0 Å². The van der Waals surface area contributed by atoms with Crippen LogP contribution in [0.3, 0.4) is 0 Å². The predicted molar refractivity (Wildman–Crippen MR) is 110 cm³/mol. The van der Waals surface area contributed by atoms with E-state index in [2.05, 4.69) is 5.32 Å². The largest absolute Gasteiger partial charge is 0.496 e. The van der Waals surface area contributed by atoms with Gasteiger partial charge in [-0.25, -0.2) is 8.42 Å². The number of carbonyl (C=O) groups excluding carboxylic acids is 1. The first-order valence-corrected chi connectivity index (χ1v) is 10.9. The zero-order valence-electron chi connectivity index (χ0n) is 16.8. The third-order valence-corrected chi connectivity index (χ3v) is 6.84. The van der Waals surface area contributed by atoms with Gasteiger partial charge in [-0.05, 0) is 44.2 Å². The number of hydrogen-bond donors (Lipinski definition) is 1. The van der Waals surface area contributed by atoms with Gasteiger partial charge in [0.25, 0.3) is 5.91 Å². The molecule has 1 fully saturated rings. The molecule has 1 aliphatic rings. The second-order valence-electron chi connectivity index (χ2n) is 6.98. The molecule has 1 atom stereocenters. The Morgan fingerprint density at radius 2 is 1.79 bits per heavy atom. The van der Waals surface area contributed by atoms with E-state index in [9.17, 15) is 13.2 Å². The quantitative estimate of drug-likeness (QED) is 0.779. The summed E-state index contributed by atoms with van der Waals surface area (Å²) in [7, 11) is -1.99. The molecule has 8 heteroatoms. The third-order valence-electron chi connectivity index (χ3n) is 4.92. The number of morpholine rings is 1. The van der Waals surface area contributed by atoms with Crippen LogP contribution in [0.5, 0.6) is 5.75 Å². The number of nitrogens with one attached hydrogen (secondary N) is 1. The molecule has 7 nitrogen and oxygen atoms in total. The van der Waals surface area contributed by atoms with Crippen molar-refractivity contribution >= 4 is 15.9 Å². The van der Waals surface area contributed by atoms with Crippen molar-refractivity contribution in [3.63, 3.8) is 0 Å². The molecule has 0 bridgehead atoms. The molecule has 0 aromatic heterocycles. The Bertz CT molecular complexity index is 967. The molecule has 2 aromatic carbocycles. The minimum absolute atomic E-state index is 0.171. The van der Waals surface area contributed by atoms with Crippen molar-refractivity contribution in [1.82, 2.24) is 9.62 Å². The molecule has 0 radical (unpaired) electrons. The van der Waals surface area contributed by atoms with Crippen molar-refractivity contribution < 1.29 is 22.7 Å². The van der Waals surface area contributed by atoms with Crippen LogP contribution in [0.4, 0.5) is 0 Å². The SMILES string of the molecule is COc1ccc(C)cc1[C@@H](C)NC(=O)c1ccc(S(=O)(=O)N2CCOCC2)cc1. The summed E-state index contributed by atoms with van der Waals surface area (Å²) in [6.45, 7) is 5.30. The highest BCUT2D eigenvalue weighted by molar-refractivity contribution is 7.89. The smallest absolute Gasteiger partial charge is 0.251 e. The van der Waals surface area contributed by atoms with E-state index >= 15 is 0 Å². The number of nitrogens with zero attached hydrogens (tertiary/aromatic N) is 1. The summed E-state index contributed by atoms with van der Waals surface area (Å²) in [6, 6.07) is 11.5. The van der Waals surface area contributed by atoms with E-state index in [1.54, 1.807) is 7.11 Å².